The predicted octanol–water partition coefficient (Wildman–Crippen LogP) is 4.29. The fourth-order valence-corrected chi connectivity index (χ4v) is 3.97. The van der Waals surface area contributed by atoms with Crippen LogP contribution in [-0.2, 0) is 22.6 Å². The molecule has 0 spiro atoms. The number of carbonyl (C=O) groups excluding carboxylic acids is 3. The second kappa shape index (κ2) is 9.15. The summed E-state index contributed by atoms with van der Waals surface area (Å²) in [5.41, 5.74) is 2.85. The van der Waals surface area contributed by atoms with Crippen molar-refractivity contribution in [3.8, 4) is 11.3 Å². The van der Waals surface area contributed by atoms with E-state index in [1.807, 2.05) is 60.7 Å². The van der Waals surface area contributed by atoms with E-state index in [1.165, 1.54) is 0 Å². The molecule has 1 aromatic heterocycles. The third-order valence-corrected chi connectivity index (χ3v) is 5.67. The summed E-state index contributed by atoms with van der Waals surface area (Å²) in [6, 6.07) is 25.8. The van der Waals surface area contributed by atoms with Crippen molar-refractivity contribution in [2.24, 2.45) is 0 Å². The number of amides is 2. The maximum Gasteiger partial charge on any atom is 0.330 e. The van der Waals surface area contributed by atoms with E-state index < -0.39 is 23.8 Å². The molecule has 0 saturated heterocycles. The molecule has 168 valence electrons. The third-order valence-electron chi connectivity index (χ3n) is 5.67. The summed E-state index contributed by atoms with van der Waals surface area (Å²) in [6.45, 7) is -0.173. The molecule has 0 radical (unpaired) electrons. The molecule has 1 aliphatic heterocycles. The van der Waals surface area contributed by atoms with Gasteiger partial charge in [0.25, 0.3) is 11.8 Å². The minimum Gasteiger partial charge on any atom is -0.456 e. The summed E-state index contributed by atoms with van der Waals surface area (Å²) in [4.78, 5) is 40.3. The van der Waals surface area contributed by atoms with E-state index >= 15 is 0 Å². The summed E-state index contributed by atoms with van der Waals surface area (Å²) in [6.07, 6.45) is 0.136. The van der Waals surface area contributed by atoms with Crippen molar-refractivity contribution in [3.05, 3.63) is 113 Å². The fourth-order valence-electron chi connectivity index (χ4n) is 3.97. The van der Waals surface area contributed by atoms with Crippen molar-refractivity contribution in [2.75, 3.05) is 0 Å². The van der Waals surface area contributed by atoms with Crippen LogP contribution in [0.4, 0.5) is 0 Å². The molecule has 0 bridgehead atoms. The maximum atomic E-state index is 13.2. The highest BCUT2D eigenvalue weighted by molar-refractivity contribution is 6.22. The van der Waals surface area contributed by atoms with Crippen LogP contribution in [0.25, 0.3) is 11.3 Å². The van der Waals surface area contributed by atoms with Crippen LogP contribution >= 0.6 is 0 Å². The van der Waals surface area contributed by atoms with E-state index in [2.05, 4.69) is 5.16 Å². The van der Waals surface area contributed by atoms with Gasteiger partial charge in [-0.15, -0.1) is 0 Å². The number of fused-ring (bicyclic) bond motifs is 1. The second-order valence-electron chi connectivity index (χ2n) is 7.88. The molecule has 4 aromatic rings. The molecule has 7 nitrogen and oxygen atoms in total. The number of nitrogens with zero attached hydrogens (tertiary/aromatic N) is 2. The van der Waals surface area contributed by atoms with E-state index in [9.17, 15) is 14.4 Å². The molecule has 34 heavy (non-hydrogen) atoms. The van der Waals surface area contributed by atoms with E-state index in [1.54, 1.807) is 30.3 Å². The van der Waals surface area contributed by atoms with Crippen molar-refractivity contribution < 1.29 is 23.6 Å². The Kier molecular flexibility index (Phi) is 5.74. The number of benzene rings is 3. The first-order chi connectivity index (χ1) is 16.6. The highest BCUT2D eigenvalue weighted by Gasteiger charge is 2.43. The Morgan fingerprint density at radius 2 is 1.44 bits per heavy atom. The Morgan fingerprint density at radius 3 is 2.09 bits per heavy atom. The lowest BCUT2D eigenvalue weighted by Gasteiger charge is -2.24. The second-order valence-corrected chi connectivity index (χ2v) is 7.88. The molecular formula is C27H20N2O5. The van der Waals surface area contributed by atoms with Crippen LogP contribution in [0, 0.1) is 0 Å². The zero-order chi connectivity index (χ0) is 23.5. The van der Waals surface area contributed by atoms with Crippen LogP contribution in [0.5, 0.6) is 0 Å². The molecule has 3 aromatic carbocycles. The lowest BCUT2D eigenvalue weighted by Crippen LogP contribution is -2.47. The largest absolute Gasteiger partial charge is 0.456 e. The van der Waals surface area contributed by atoms with Crippen molar-refractivity contribution in [2.45, 2.75) is 19.1 Å². The monoisotopic (exact) mass is 452 g/mol. The zero-order valence-corrected chi connectivity index (χ0v) is 18.1. The number of carbonyl (C=O) groups is 3. The number of hydrogen-bond donors (Lipinski definition) is 0. The molecule has 1 atom stereocenters. The number of aromatic nitrogens is 1. The fraction of sp³-hybridized carbons (Fsp3) is 0.111. The molecular weight excluding hydrogens is 432 g/mol. The first-order valence-electron chi connectivity index (χ1n) is 10.8. The van der Waals surface area contributed by atoms with E-state index in [-0.39, 0.29) is 24.2 Å². The standard InChI is InChI=1S/C27H20N2O5/c30-25-21-13-7-8-14-22(21)26(31)29(25)24(15-18-9-3-1-4-10-18)27(32)33-17-20-16-23(28-34-20)19-11-5-2-6-12-19/h1-14,16,24H,15,17H2/t24-/m0/s1. The highest BCUT2D eigenvalue weighted by Crippen LogP contribution is 2.27. The van der Waals surface area contributed by atoms with Crippen molar-refractivity contribution in [1.29, 1.82) is 0 Å². The number of hydrogen-bond acceptors (Lipinski definition) is 6. The number of rotatable bonds is 7. The molecule has 0 fully saturated rings. The zero-order valence-electron chi connectivity index (χ0n) is 18.1. The van der Waals surface area contributed by atoms with Gasteiger partial charge in [0.2, 0.25) is 0 Å². The van der Waals surface area contributed by atoms with Gasteiger partial charge in [-0.25, -0.2) is 4.79 Å². The van der Waals surface area contributed by atoms with Crippen LogP contribution < -0.4 is 0 Å². The first kappa shape index (κ1) is 21.3. The summed E-state index contributed by atoms with van der Waals surface area (Å²) < 4.78 is 10.8. The molecule has 1 aliphatic rings. The summed E-state index contributed by atoms with van der Waals surface area (Å²) in [5, 5.41) is 4.02. The van der Waals surface area contributed by atoms with Gasteiger partial charge in [-0.05, 0) is 17.7 Å². The number of esters is 1. The third kappa shape index (κ3) is 4.11. The van der Waals surface area contributed by atoms with E-state index in [0.29, 0.717) is 11.5 Å². The van der Waals surface area contributed by atoms with Gasteiger partial charge in [0.05, 0.1) is 11.1 Å². The molecule has 0 aliphatic carbocycles. The van der Waals surface area contributed by atoms with Gasteiger partial charge in [0, 0.05) is 18.1 Å². The molecule has 2 heterocycles. The molecule has 0 saturated carbocycles. The van der Waals surface area contributed by atoms with E-state index in [0.717, 1.165) is 16.0 Å². The average molecular weight is 452 g/mol. The lowest BCUT2D eigenvalue weighted by molar-refractivity contribution is -0.150. The summed E-state index contributed by atoms with van der Waals surface area (Å²) >= 11 is 0. The molecule has 0 N–H and O–H groups in total. The normalized spacial score (nSPS) is 13.6. The smallest absolute Gasteiger partial charge is 0.330 e. The quantitative estimate of drug-likeness (QED) is 0.307. The first-order valence-corrected chi connectivity index (χ1v) is 10.8. The van der Waals surface area contributed by atoms with Gasteiger partial charge in [0.1, 0.15) is 11.7 Å². The Hall–Kier alpha value is -4.52. The number of imide groups is 1. The van der Waals surface area contributed by atoms with Crippen LogP contribution in [0.15, 0.2) is 95.5 Å². The van der Waals surface area contributed by atoms with E-state index in [4.69, 9.17) is 9.26 Å². The predicted molar refractivity (Wildman–Crippen MR) is 123 cm³/mol. The average Bonchev–Trinajstić information content (AvgIpc) is 3.46. The summed E-state index contributed by atoms with van der Waals surface area (Å²) in [5.74, 6) is -1.36. The van der Waals surface area contributed by atoms with Crippen LogP contribution in [-0.4, -0.2) is 33.9 Å². The van der Waals surface area contributed by atoms with Crippen LogP contribution in [0.2, 0.25) is 0 Å². The highest BCUT2D eigenvalue weighted by atomic mass is 16.6. The van der Waals surface area contributed by atoms with Gasteiger partial charge in [-0.3, -0.25) is 14.5 Å². The molecule has 2 amide bonds. The Bertz CT molecular complexity index is 1310. The lowest BCUT2D eigenvalue weighted by atomic mass is 10.0. The van der Waals surface area contributed by atoms with Gasteiger partial charge in [-0.1, -0.05) is 78.0 Å². The molecule has 7 heteroatoms. The maximum absolute atomic E-state index is 13.2. The Balaban J connectivity index is 1.37. The summed E-state index contributed by atoms with van der Waals surface area (Å²) in [7, 11) is 0. The van der Waals surface area contributed by atoms with Gasteiger partial charge in [-0.2, -0.15) is 0 Å². The minimum atomic E-state index is -1.12. The van der Waals surface area contributed by atoms with Gasteiger partial charge >= 0.3 is 5.97 Å². The van der Waals surface area contributed by atoms with Crippen molar-refractivity contribution >= 4 is 17.8 Å². The number of ether oxygens (including phenoxy) is 1. The van der Waals surface area contributed by atoms with Gasteiger partial charge < -0.3 is 9.26 Å². The van der Waals surface area contributed by atoms with Gasteiger partial charge in [0.15, 0.2) is 12.4 Å². The van der Waals surface area contributed by atoms with Crippen LogP contribution in [0.1, 0.15) is 32.0 Å². The Labute approximate surface area is 195 Å². The van der Waals surface area contributed by atoms with Crippen molar-refractivity contribution in [3.63, 3.8) is 0 Å². The topological polar surface area (TPSA) is 89.7 Å². The Morgan fingerprint density at radius 1 is 0.853 bits per heavy atom. The minimum absolute atomic E-state index is 0.136. The molecule has 0 unspecified atom stereocenters. The SMILES string of the molecule is O=C(OCc1cc(-c2ccccc2)no1)[C@H](Cc1ccccc1)N1C(=O)c2ccccc2C1=O. The molecule has 5 rings (SSSR count). The van der Waals surface area contributed by atoms with Crippen LogP contribution in [0.3, 0.4) is 0 Å². The van der Waals surface area contributed by atoms with Crippen molar-refractivity contribution in [1.82, 2.24) is 10.1 Å².